The molecule has 0 saturated heterocycles. The minimum Gasteiger partial charge on any atom is -0.313 e. The number of hydrogen-bond donors (Lipinski definition) is 1. The zero-order valence-electron chi connectivity index (χ0n) is 11.3. The molecule has 1 aromatic heterocycles. The molecule has 1 N–H and O–H groups in total. The zero-order chi connectivity index (χ0) is 14.8. The van der Waals surface area contributed by atoms with Crippen molar-refractivity contribution < 1.29 is 8.42 Å². The van der Waals surface area contributed by atoms with Crippen LogP contribution in [-0.2, 0) is 16.3 Å². The second kappa shape index (κ2) is 6.26. The van der Waals surface area contributed by atoms with Gasteiger partial charge in [-0.25, -0.2) is 8.42 Å². The van der Waals surface area contributed by atoms with Gasteiger partial charge in [0.2, 0.25) is 0 Å². The molecule has 0 amide bonds. The van der Waals surface area contributed by atoms with Crippen LogP contribution >= 0.6 is 22.9 Å². The molecule has 1 unspecified atom stereocenters. The third-order valence-electron chi connectivity index (χ3n) is 3.09. The molecule has 1 heterocycles. The Morgan fingerprint density at radius 3 is 2.30 bits per heavy atom. The van der Waals surface area contributed by atoms with Gasteiger partial charge in [0, 0.05) is 23.6 Å². The molecule has 1 atom stereocenters. The van der Waals surface area contributed by atoms with Crippen LogP contribution in [0.3, 0.4) is 0 Å². The van der Waals surface area contributed by atoms with Crippen molar-refractivity contribution in [2.75, 3.05) is 13.3 Å². The van der Waals surface area contributed by atoms with Crippen molar-refractivity contribution >= 4 is 32.8 Å². The molecule has 20 heavy (non-hydrogen) atoms. The van der Waals surface area contributed by atoms with Crippen LogP contribution in [0.5, 0.6) is 0 Å². The summed E-state index contributed by atoms with van der Waals surface area (Å²) in [6.45, 7) is 0. The van der Waals surface area contributed by atoms with Gasteiger partial charge in [-0.15, -0.1) is 11.3 Å². The SMILES string of the molecule is CNC(Cc1ccc(Cl)s1)c1ccc(S(C)(=O)=O)cc1. The largest absolute Gasteiger partial charge is 0.313 e. The molecule has 0 aliphatic heterocycles. The van der Waals surface area contributed by atoms with E-state index in [4.69, 9.17) is 11.6 Å². The molecule has 6 heteroatoms. The Kier molecular flexibility index (Phi) is 4.86. The fraction of sp³-hybridized carbons (Fsp3) is 0.286. The summed E-state index contributed by atoms with van der Waals surface area (Å²) in [5.74, 6) is 0. The number of nitrogens with one attached hydrogen (secondary N) is 1. The van der Waals surface area contributed by atoms with E-state index < -0.39 is 9.84 Å². The minimum absolute atomic E-state index is 0.137. The van der Waals surface area contributed by atoms with Crippen LogP contribution in [0.15, 0.2) is 41.3 Å². The lowest BCUT2D eigenvalue weighted by Crippen LogP contribution is -2.18. The molecule has 1 aromatic carbocycles. The van der Waals surface area contributed by atoms with Crippen molar-refractivity contribution in [3.63, 3.8) is 0 Å². The van der Waals surface area contributed by atoms with E-state index in [0.717, 1.165) is 16.3 Å². The molecule has 0 bridgehead atoms. The van der Waals surface area contributed by atoms with Gasteiger partial charge < -0.3 is 5.32 Å². The standard InChI is InChI=1S/C14H16ClNO2S2/c1-16-13(9-11-5-8-14(15)19-11)10-3-6-12(7-4-10)20(2,17)18/h3-8,13,16H,9H2,1-2H3. The second-order valence-electron chi connectivity index (χ2n) is 4.59. The highest BCUT2D eigenvalue weighted by atomic mass is 35.5. The number of sulfone groups is 1. The van der Waals surface area contributed by atoms with E-state index in [1.54, 1.807) is 23.5 Å². The maximum Gasteiger partial charge on any atom is 0.175 e. The molecule has 2 aromatic rings. The Morgan fingerprint density at radius 1 is 1.20 bits per heavy atom. The quantitative estimate of drug-likeness (QED) is 0.915. The number of rotatable bonds is 5. The van der Waals surface area contributed by atoms with Crippen molar-refractivity contribution in [3.05, 3.63) is 51.2 Å². The summed E-state index contributed by atoms with van der Waals surface area (Å²) in [5, 5.41) is 3.25. The molecule has 3 nitrogen and oxygen atoms in total. The molecule has 0 saturated carbocycles. The lowest BCUT2D eigenvalue weighted by Gasteiger charge is -2.16. The van der Waals surface area contributed by atoms with Crippen molar-refractivity contribution in [1.82, 2.24) is 5.32 Å². The van der Waals surface area contributed by atoms with Gasteiger partial charge in [0.15, 0.2) is 9.84 Å². The van der Waals surface area contributed by atoms with E-state index in [0.29, 0.717) is 4.90 Å². The van der Waals surface area contributed by atoms with Crippen LogP contribution in [0.4, 0.5) is 0 Å². The molecule has 2 rings (SSSR count). The van der Waals surface area contributed by atoms with E-state index >= 15 is 0 Å². The Bertz CT molecular complexity index is 677. The normalized spacial score (nSPS) is 13.3. The van der Waals surface area contributed by atoms with Gasteiger partial charge >= 0.3 is 0 Å². The zero-order valence-corrected chi connectivity index (χ0v) is 13.6. The van der Waals surface area contributed by atoms with Gasteiger partial charge in [0.25, 0.3) is 0 Å². The first-order valence-corrected chi connectivity index (χ1v) is 9.20. The molecular weight excluding hydrogens is 314 g/mol. The summed E-state index contributed by atoms with van der Waals surface area (Å²) in [5.41, 5.74) is 1.06. The van der Waals surface area contributed by atoms with Gasteiger partial charge in [-0.2, -0.15) is 0 Å². The highest BCUT2D eigenvalue weighted by Crippen LogP contribution is 2.27. The average Bonchev–Trinajstić information content (AvgIpc) is 2.81. The molecule has 0 aliphatic rings. The van der Waals surface area contributed by atoms with Crippen LogP contribution < -0.4 is 5.32 Å². The fourth-order valence-electron chi connectivity index (χ4n) is 2.00. The Hall–Kier alpha value is -0.880. The monoisotopic (exact) mass is 329 g/mol. The van der Waals surface area contributed by atoms with E-state index in [9.17, 15) is 8.42 Å². The summed E-state index contributed by atoms with van der Waals surface area (Å²) in [6.07, 6.45) is 2.04. The predicted molar refractivity (Wildman–Crippen MR) is 84.4 cm³/mol. The third kappa shape index (κ3) is 3.82. The van der Waals surface area contributed by atoms with Gasteiger partial charge in [-0.1, -0.05) is 23.7 Å². The lowest BCUT2D eigenvalue weighted by molar-refractivity contribution is 0.593. The van der Waals surface area contributed by atoms with Crippen LogP contribution in [0.25, 0.3) is 0 Å². The van der Waals surface area contributed by atoms with Crippen molar-refractivity contribution in [2.24, 2.45) is 0 Å². The van der Waals surface area contributed by atoms with Crippen LogP contribution in [0, 0.1) is 0 Å². The van der Waals surface area contributed by atoms with Gasteiger partial charge in [0.05, 0.1) is 9.23 Å². The van der Waals surface area contributed by atoms with Crippen LogP contribution in [0.2, 0.25) is 4.34 Å². The van der Waals surface area contributed by atoms with Crippen molar-refractivity contribution in [2.45, 2.75) is 17.4 Å². The summed E-state index contributed by atoms with van der Waals surface area (Å²) >= 11 is 7.50. The number of hydrogen-bond acceptors (Lipinski definition) is 4. The first-order chi connectivity index (χ1) is 9.40. The van der Waals surface area contributed by atoms with Crippen molar-refractivity contribution in [1.29, 1.82) is 0 Å². The van der Waals surface area contributed by atoms with Gasteiger partial charge in [-0.05, 0) is 36.9 Å². The second-order valence-corrected chi connectivity index (χ2v) is 8.41. The molecule has 0 spiro atoms. The number of benzene rings is 1. The van der Waals surface area contributed by atoms with Crippen LogP contribution in [-0.4, -0.2) is 21.7 Å². The minimum atomic E-state index is -3.14. The Morgan fingerprint density at radius 2 is 1.85 bits per heavy atom. The molecule has 0 aliphatic carbocycles. The first-order valence-electron chi connectivity index (χ1n) is 6.11. The lowest BCUT2D eigenvalue weighted by atomic mass is 10.0. The van der Waals surface area contributed by atoms with Crippen LogP contribution in [0.1, 0.15) is 16.5 Å². The summed E-state index contributed by atoms with van der Waals surface area (Å²) in [6, 6.07) is 11.0. The van der Waals surface area contributed by atoms with E-state index in [1.165, 1.54) is 11.1 Å². The fourth-order valence-corrected chi connectivity index (χ4v) is 3.76. The highest BCUT2D eigenvalue weighted by Gasteiger charge is 2.13. The Balaban J connectivity index is 2.19. The van der Waals surface area contributed by atoms with E-state index in [2.05, 4.69) is 5.32 Å². The average molecular weight is 330 g/mol. The molecule has 0 fully saturated rings. The van der Waals surface area contributed by atoms with Gasteiger partial charge in [-0.3, -0.25) is 0 Å². The smallest absolute Gasteiger partial charge is 0.175 e. The topological polar surface area (TPSA) is 46.2 Å². The molecular formula is C14H16ClNO2S2. The van der Waals surface area contributed by atoms with E-state index in [-0.39, 0.29) is 6.04 Å². The summed E-state index contributed by atoms with van der Waals surface area (Å²) in [7, 11) is -1.25. The first kappa shape index (κ1) is 15.5. The molecule has 108 valence electrons. The van der Waals surface area contributed by atoms with E-state index in [1.807, 2.05) is 31.3 Å². The number of likely N-dealkylation sites (N-methyl/N-ethyl adjacent to an activating group) is 1. The maximum absolute atomic E-state index is 11.4. The molecule has 0 radical (unpaired) electrons. The Labute approximate surface area is 128 Å². The highest BCUT2D eigenvalue weighted by molar-refractivity contribution is 7.90. The van der Waals surface area contributed by atoms with Crippen molar-refractivity contribution in [3.8, 4) is 0 Å². The summed E-state index contributed by atoms with van der Waals surface area (Å²) in [4.78, 5) is 1.54. The third-order valence-corrected chi connectivity index (χ3v) is 5.48. The number of thiophene rings is 1. The number of halogens is 1. The maximum atomic E-state index is 11.4. The van der Waals surface area contributed by atoms with Gasteiger partial charge in [0.1, 0.15) is 0 Å². The summed E-state index contributed by atoms with van der Waals surface area (Å²) < 4.78 is 23.7. The predicted octanol–water partition coefficient (Wildman–Crippen LogP) is 3.31.